The van der Waals surface area contributed by atoms with Gasteiger partial charge in [-0.25, -0.2) is 17.8 Å². The fourth-order valence-corrected chi connectivity index (χ4v) is 5.51. The van der Waals surface area contributed by atoms with Crippen LogP contribution in [-0.4, -0.2) is 64.6 Å². The largest absolute Gasteiger partial charge is 0.354 e. The fourth-order valence-electron chi connectivity index (χ4n) is 3.96. The van der Waals surface area contributed by atoms with Crippen molar-refractivity contribution in [3.05, 3.63) is 46.5 Å². The van der Waals surface area contributed by atoms with Crippen LogP contribution in [0.15, 0.2) is 29.3 Å². The summed E-state index contributed by atoms with van der Waals surface area (Å²) in [6, 6.07) is 9.88. The summed E-state index contributed by atoms with van der Waals surface area (Å²) in [6.45, 7) is 5.34. The van der Waals surface area contributed by atoms with Crippen molar-refractivity contribution in [1.29, 1.82) is 10.5 Å². The molecule has 186 valence electrons. The molecule has 0 radical (unpaired) electrons. The van der Waals surface area contributed by atoms with Crippen molar-refractivity contribution in [3.63, 3.8) is 0 Å². The highest BCUT2D eigenvalue weighted by Crippen LogP contribution is 2.34. The molecular weight excluding hydrogens is 487 g/mol. The Labute approximate surface area is 211 Å². The SMILES string of the molecule is CCc1c(C#N)c(SCc2ccc(N(C)S(=O)(=O)CF)cc2)nc(N2CCCN(C)CC2)c1C#N. The first kappa shape index (κ1) is 26.7. The van der Waals surface area contributed by atoms with Crippen LogP contribution in [0, 0.1) is 22.7 Å². The molecule has 0 bridgehead atoms. The number of aromatic nitrogens is 1. The molecule has 11 heteroatoms. The molecule has 0 N–H and O–H groups in total. The minimum atomic E-state index is -3.98. The van der Waals surface area contributed by atoms with Gasteiger partial charge in [-0.1, -0.05) is 19.1 Å². The third-order valence-electron chi connectivity index (χ3n) is 6.08. The van der Waals surface area contributed by atoms with Crippen LogP contribution in [0.5, 0.6) is 0 Å². The molecule has 8 nitrogen and oxygen atoms in total. The Balaban J connectivity index is 1.90. The standard InChI is InChI=1S/C24H29FN6O2S2/c1-4-20-21(14-26)23(31-11-5-10-29(2)12-13-31)28-24(22(20)15-27)34-16-18-6-8-19(9-7-18)30(3)35(32,33)17-25/h6-9H,4-5,10-13,16-17H2,1-3H3. The van der Waals surface area contributed by atoms with Crippen molar-refractivity contribution < 1.29 is 12.8 Å². The Morgan fingerprint density at radius 2 is 1.80 bits per heavy atom. The molecule has 0 aliphatic carbocycles. The number of pyridine rings is 1. The third kappa shape index (κ3) is 6.04. The van der Waals surface area contributed by atoms with Gasteiger partial charge in [-0.2, -0.15) is 10.5 Å². The maximum absolute atomic E-state index is 12.8. The number of benzene rings is 1. The molecule has 2 aromatic rings. The van der Waals surface area contributed by atoms with Crippen LogP contribution in [0.3, 0.4) is 0 Å². The van der Waals surface area contributed by atoms with Crippen molar-refractivity contribution >= 4 is 33.3 Å². The molecule has 1 saturated heterocycles. The van der Waals surface area contributed by atoms with E-state index in [1.807, 2.05) is 6.92 Å². The van der Waals surface area contributed by atoms with Crippen molar-refractivity contribution in [2.75, 3.05) is 55.5 Å². The molecule has 0 saturated carbocycles. The Morgan fingerprint density at radius 3 is 2.40 bits per heavy atom. The minimum Gasteiger partial charge on any atom is -0.354 e. The van der Waals surface area contributed by atoms with Gasteiger partial charge in [-0.3, -0.25) is 4.31 Å². The summed E-state index contributed by atoms with van der Waals surface area (Å²) >= 11 is 1.41. The predicted molar refractivity (Wildman–Crippen MR) is 137 cm³/mol. The van der Waals surface area contributed by atoms with E-state index in [9.17, 15) is 23.3 Å². The molecule has 0 amide bonds. The van der Waals surface area contributed by atoms with Crippen molar-refractivity contribution in [2.45, 2.75) is 30.5 Å². The number of rotatable bonds is 8. The van der Waals surface area contributed by atoms with E-state index in [2.05, 4.69) is 29.0 Å². The summed E-state index contributed by atoms with van der Waals surface area (Å²) in [4.78, 5) is 9.21. The van der Waals surface area contributed by atoms with E-state index in [-0.39, 0.29) is 0 Å². The van der Waals surface area contributed by atoms with Crippen molar-refractivity contribution in [1.82, 2.24) is 9.88 Å². The number of hydrogen-bond donors (Lipinski definition) is 0. The van der Waals surface area contributed by atoms with Crippen LogP contribution in [0.4, 0.5) is 15.9 Å². The number of thioether (sulfide) groups is 1. The predicted octanol–water partition coefficient (Wildman–Crippen LogP) is 3.51. The lowest BCUT2D eigenvalue weighted by Gasteiger charge is -2.25. The quantitative estimate of drug-likeness (QED) is 0.491. The minimum absolute atomic E-state index is 0.368. The van der Waals surface area contributed by atoms with Crippen LogP contribution in [0.1, 0.15) is 35.6 Å². The van der Waals surface area contributed by atoms with Gasteiger partial charge in [0.1, 0.15) is 23.0 Å². The molecule has 0 spiro atoms. The second-order valence-electron chi connectivity index (χ2n) is 8.33. The first-order valence-electron chi connectivity index (χ1n) is 11.3. The van der Waals surface area contributed by atoms with E-state index >= 15 is 0 Å². The van der Waals surface area contributed by atoms with Crippen LogP contribution in [-0.2, 0) is 22.2 Å². The molecule has 1 aliphatic rings. The van der Waals surface area contributed by atoms with Gasteiger partial charge in [0, 0.05) is 32.4 Å². The number of alkyl halides is 1. The molecule has 2 heterocycles. The number of anilines is 2. The van der Waals surface area contributed by atoms with E-state index < -0.39 is 16.0 Å². The Hall–Kier alpha value is -2.86. The maximum Gasteiger partial charge on any atom is 0.264 e. The van der Waals surface area contributed by atoms with E-state index in [4.69, 9.17) is 4.98 Å². The fraction of sp³-hybridized carbons (Fsp3) is 0.458. The van der Waals surface area contributed by atoms with Crippen molar-refractivity contribution in [2.24, 2.45) is 0 Å². The van der Waals surface area contributed by atoms with Gasteiger partial charge < -0.3 is 9.80 Å². The molecule has 1 aliphatic heterocycles. The summed E-state index contributed by atoms with van der Waals surface area (Å²) in [5.41, 5.74) is 2.88. The summed E-state index contributed by atoms with van der Waals surface area (Å²) in [6.07, 6.45) is 1.51. The number of nitriles is 2. The lowest BCUT2D eigenvalue weighted by atomic mass is 10.0. The summed E-state index contributed by atoms with van der Waals surface area (Å²) in [7, 11) is -0.591. The zero-order valence-electron chi connectivity index (χ0n) is 20.2. The zero-order chi connectivity index (χ0) is 25.6. The number of halogens is 1. The second kappa shape index (κ2) is 11.7. The lowest BCUT2D eigenvalue weighted by molar-refractivity contribution is 0.360. The van der Waals surface area contributed by atoms with E-state index in [1.54, 1.807) is 24.3 Å². The normalized spacial score (nSPS) is 14.7. The molecule has 0 atom stereocenters. The average Bonchev–Trinajstić information content (AvgIpc) is 3.10. The Kier molecular flexibility index (Phi) is 8.95. The van der Waals surface area contributed by atoms with E-state index in [1.165, 1.54) is 18.8 Å². The monoisotopic (exact) mass is 516 g/mol. The molecule has 1 fully saturated rings. The molecule has 1 aromatic carbocycles. The topological polar surface area (TPSA) is 104 Å². The highest BCUT2D eigenvalue weighted by Gasteiger charge is 2.24. The molecule has 1 aromatic heterocycles. The molecule has 3 rings (SSSR count). The lowest BCUT2D eigenvalue weighted by Crippen LogP contribution is -2.30. The second-order valence-corrected chi connectivity index (χ2v) is 11.2. The molecule has 0 unspecified atom stereocenters. The zero-order valence-corrected chi connectivity index (χ0v) is 21.8. The van der Waals surface area contributed by atoms with Crippen molar-refractivity contribution in [3.8, 4) is 12.1 Å². The Morgan fingerprint density at radius 1 is 1.11 bits per heavy atom. The number of likely N-dealkylation sites (N-methyl/N-ethyl adjacent to an activating group) is 1. The van der Waals surface area contributed by atoms with Gasteiger partial charge in [-0.05, 0) is 49.7 Å². The van der Waals surface area contributed by atoms with Gasteiger partial charge in [0.25, 0.3) is 10.0 Å². The van der Waals surface area contributed by atoms with Crippen LogP contribution in [0.25, 0.3) is 0 Å². The number of hydrogen-bond acceptors (Lipinski definition) is 8. The molecule has 35 heavy (non-hydrogen) atoms. The number of sulfonamides is 1. The highest BCUT2D eigenvalue weighted by atomic mass is 32.2. The van der Waals surface area contributed by atoms with Crippen LogP contribution in [0.2, 0.25) is 0 Å². The summed E-state index contributed by atoms with van der Waals surface area (Å²) in [5.74, 6) is 1.13. The molecular formula is C24H29FN6O2S2. The Bertz CT molecular complexity index is 1240. The highest BCUT2D eigenvalue weighted by molar-refractivity contribution is 7.98. The first-order chi connectivity index (χ1) is 16.7. The van der Waals surface area contributed by atoms with Crippen LogP contribution >= 0.6 is 11.8 Å². The van der Waals surface area contributed by atoms with Crippen LogP contribution < -0.4 is 9.21 Å². The smallest absolute Gasteiger partial charge is 0.264 e. The van der Waals surface area contributed by atoms with Gasteiger partial charge in [0.05, 0.1) is 16.8 Å². The van der Waals surface area contributed by atoms with Gasteiger partial charge in [0.15, 0.2) is 0 Å². The van der Waals surface area contributed by atoms with E-state index in [0.717, 1.165) is 42.5 Å². The van der Waals surface area contributed by atoms with Gasteiger partial charge in [-0.15, -0.1) is 11.8 Å². The van der Waals surface area contributed by atoms with Gasteiger partial charge >= 0.3 is 0 Å². The maximum atomic E-state index is 12.8. The average molecular weight is 517 g/mol. The number of nitrogens with zero attached hydrogens (tertiary/aromatic N) is 6. The van der Waals surface area contributed by atoms with Gasteiger partial charge in [0.2, 0.25) is 6.01 Å². The summed E-state index contributed by atoms with van der Waals surface area (Å²) in [5, 5.41) is 20.4. The summed E-state index contributed by atoms with van der Waals surface area (Å²) < 4.78 is 37.2. The first-order valence-corrected chi connectivity index (χ1v) is 13.9. The third-order valence-corrected chi connectivity index (χ3v) is 8.44. The van der Waals surface area contributed by atoms with E-state index in [0.29, 0.717) is 45.4 Å².